The minimum atomic E-state index is -0.543. The van der Waals surface area contributed by atoms with Crippen LogP contribution >= 0.6 is 12.6 Å². The standard InChI is InChI=1S/C10H8FNS.C7H5FN2/c11-8-3-1-7(2-4-8)9-5-12-6-10(9)13;8-6-3-5(4-9)1-2-7(6)10/h1-6,12-13H;1-3H,10H2. The van der Waals surface area contributed by atoms with E-state index in [-0.39, 0.29) is 17.1 Å². The molecule has 3 rings (SSSR count). The number of benzene rings is 2. The lowest BCUT2D eigenvalue weighted by Gasteiger charge is -1.98. The summed E-state index contributed by atoms with van der Waals surface area (Å²) in [5, 5.41) is 8.30. The van der Waals surface area contributed by atoms with Crippen molar-refractivity contribution in [3.63, 3.8) is 0 Å². The van der Waals surface area contributed by atoms with Crippen molar-refractivity contribution in [2.45, 2.75) is 4.90 Å². The van der Waals surface area contributed by atoms with Crippen LogP contribution in [0, 0.1) is 23.0 Å². The van der Waals surface area contributed by atoms with Gasteiger partial charge in [0, 0.05) is 22.9 Å². The van der Waals surface area contributed by atoms with Gasteiger partial charge in [-0.3, -0.25) is 0 Å². The third-order valence-electron chi connectivity index (χ3n) is 3.01. The van der Waals surface area contributed by atoms with E-state index in [1.807, 2.05) is 6.20 Å². The number of hydrogen-bond acceptors (Lipinski definition) is 3. The molecule has 0 unspecified atom stereocenters. The molecule has 0 radical (unpaired) electrons. The normalized spacial score (nSPS) is 9.65. The van der Waals surface area contributed by atoms with Crippen LogP contribution in [0.25, 0.3) is 11.1 Å². The lowest BCUT2D eigenvalue weighted by Crippen LogP contribution is -1.89. The molecule has 0 aliphatic rings. The average Bonchev–Trinajstić information content (AvgIpc) is 2.97. The van der Waals surface area contributed by atoms with Crippen LogP contribution in [0.2, 0.25) is 0 Å². The molecule has 3 N–H and O–H groups in total. The molecule has 2 aromatic carbocycles. The summed E-state index contributed by atoms with van der Waals surface area (Å²) in [6, 6.07) is 12.1. The quantitative estimate of drug-likeness (QED) is 0.458. The van der Waals surface area contributed by atoms with Gasteiger partial charge in [0.15, 0.2) is 0 Å². The predicted octanol–water partition coefficient (Wildman–Crippen LogP) is 4.39. The van der Waals surface area contributed by atoms with Crippen molar-refractivity contribution in [1.29, 1.82) is 5.26 Å². The molecule has 1 heterocycles. The number of nitrogens with zero attached hydrogens (tertiary/aromatic N) is 1. The van der Waals surface area contributed by atoms with Crippen LogP contribution in [0.3, 0.4) is 0 Å². The van der Waals surface area contributed by atoms with Gasteiger partial charge in [0.05, 0.1) is 17.3 Å². The first kappa shape index (κ1) is 16.6. The molecular formula is C17H13F2N3S. The van der Waals surface area contributed by atoms with Gasteiger partial charge < -0.3 is 10.7 Å². The van der Waals surface area contributed by atoms with Gasteiger partial charge in [0.2, 0.25) is 0 Å². The van der Waals surface area contributed by atoms with Gasteiger partial charge in [0.1, 0.15) is 11.6 Å². The summed E-state index contributed by atoms with van der Waals surface area (Å²) in [6.45, 7) is 0. The van der Waals surface area contributed by atoms with Gasteiger partial charge in [-0.15, -0.1) is 12.6 Å². The van der Waals surface area contributed by atoms with Crippen LogP contribution in [-0.2, 0) is 0 Å². The molecule has 0 aliphatic heterocycles. The molecule has 6 heteroatoms. The first-order valence-corrected chi connectivity index (χ1v) is 7.03. The number of anilines is 1. The van der Waals surface area contributed by atoms with Gasteiger partial charge in [0.25, 0.3) is 0 Å². The topological polar surface area (TPSA) is 65.6 Å². The monoisotopic (exact) mass is 329 g/mol. The van der Waals surface area contributed by atoms with Crippen molar-refractivity contribution >= 4 is 18.3 Å². The van der Waals surface area contributed by atoms with Crippen molar-refractivity contribution < 1.29 is 8.78 Å². The number of H-pyrrole nitrogens is 1. The Balaban J connectivity index is 0.000000174. The third-order valence-corrected chi connectivity index (χ3v) is 3.38. The molecule has 1 aromatic heterocycles. The predicted molar refractivity (Wildman–Crippen MR) is 89.0 cm³/mol. The highest BCUT2D eigenvalue weighted by Crippen LogP contribution is 2.25. The second-order valence-electron chi connectivity index (χ2n) is 4.61. The average molecular weight is 329 g/mol. The SMILES string of the molecule is Fc1ccc(-c2c[nH]cc2S)cc1.N#Cc1ccc(N)c(F)c1. The molecule has 0 aliphatic carbocycles. The van der Waals surface area contributed by atoms with Gasteiger partial charge in [-0.25, -0.2) is 8.78 Å². The summed E-state index contributed by atoms with van der Waals surface area (Å²) < 4.78 is 25.1. The first-order valence-electron chi connectivity index (χ1n) is 6.58. The molecule has 23 heavy (non-hydrogen) atoms. The van der Waals surface area contributed by atoms with Crippen LogP contribution in [0.15, 0.2) is 59.8 Å². The molecule has 0 spiro atoms. The van der Waals surface area contributed by atoms with Crippen LogP contribution in [-0.4, -0.2) is 4.98 Å². The first-order chi connectivity index (χ1) is 11.0. The molecule has 0 saturated heterocycles. The van der Waals surface area contributed by atoms with Gasteiger partial charge in [-0.1, -0.05) is 12.1 Å². The summed E-state index contributed by atoms with van der Waals surface area (Å²) in [6.07, 6.45) is 3.64. The molecule has 0 amide bonds. The number of aromatic nitrogens is 1. The number of nitrogens with two attached hydrogens (primary N) is 1. The Bertz CT molecular complexity index is 836. The Morgan fingerprint density at radius 2 is 1.74 bits per heavy atom. The summed E-state index contributed by atoms with van der Waals surface area (Å²) in [7, 11) is 0. The summed E-state index contributed by atoms with van der Waals surface area (Å²) >= 11 is 4.26. The van der Waals surface area contributed by atoms with Gasteiger partial charge >= 0.3 is 0 Å². The second-order valence-corrected chi connectivity index (χ2v) is 5.09. The van der Waals surface area contributed by atoms with E-state index >= 15 is 0 Å². The highest BCUT2D eigenvalue weighted by Gasteiger charge is 2.02. The molecule has 0 atom stereocenters. The fourth-order valence-electron chi connectivity index (χ4n) is 1.81. The number of hydrogen-bond donors (Lipinski definition) is 3. The van der Waals surface area contributed by atoms with Crippen LogP contribution < -0.4 is 5.73 Å². The summed E-state index contributed by atoms with van der Waals surface area (Å²) in [5.41, 5.74) is 7.47. The fraction of sp³-hybridized carbons (Fsp3) is 0. The fourth-order valence-corrected chi connectivity index (χ4v) is 2.08. The highest BCUT2D eigenvalue weighted by atomic mass is 32.1. The van der Waals surface area contributed by atoms with Crippen molar-refractivity contribution in [2.24, 2.45) is 0 Å². The Labute approximate surface area is 137 Å². The van der Waals surface area contributed by atoms with E-state index in [1.54, 1.807) is 24.4 Å². The number of aromatic amines is 1. The minimum Gasteiger partial charge on any atom is -0.396 e. The maximum atomic E-state index is 12.6. The molecular weight excluding hydrogens is 316 g/mol. The van der Waals surface area contributed by atoms with Crippen LogP contribution in [0.5, 0.6) is 0 Å². The zero-order chi connectivity index (χ0) is 16.8. The maximum Gasteiger partial charge on any atom is 0.147 e. The van der Waals surface area contributed by atoms with E-state index in [2.05, 4.69) is 17.6 Å². The number of nitrogen functional groups attached to an aromatic ring is 1. The van der Waals surface area contributed by atoms with E-state index in [0.717, 1.165) is 22.1 Å². The van der Waals surface area contributed by atoms with Crippen molar-refractivity contribution in [1.82, 2.24) is 4.98 Å². The summed E-state index contributed by atoms with van der Waals surface area (Å²) in [5.74, 6) is -0.765. The molecule has 116 valence electrons. The van der Waals surface area contributed by atoms with Gasteiger partial charge in [-0.2, -0.15) is 5.26 Å². The maximum absolute atomic E-state index is 12.6. The third kappa shape index (κ3) is 4.34. The molecule has 0 saturated carbocycles. The Hall–Kier alpha value is -2.78. The number of halogens is 2. The lowest BCUT2D eigenvalue weighted by atomic mass is 10.1. The second kappa shape index (κ2) is 7.47. The summed E-state index contributed by atoms with van der Waals surface area (Å²) in [4.78, 5) is 3.81. The van der Waals surface area contributed by atoms with E-state index in [9.17, 15) is 8.78 Å². The zero-order valence-electron chi connectivity index (χ0n) is 11.9. The van der Waals surface area contributed by atoms with E-state index < -0.39 is 5.82 Å². The molecule has 0 fully saturated rings. The van der Waals surface area contributed by atoms with E-state index in [4.69, 9.17) is 11.0 Å². The number of nitriles is 1. The lowest BCUT2D eigenvalue weighted by molar-refractivity contribution is 0.628. The van der Waals surface area contributed by atoms with Crippen LogP contribution in [0.4, 0.5) is 14.5 Å². The smallest absolute Gasteiger partial charge is 0.147 e. The van der Waals surface area contributed by atoms with Crippen molar-refractivity contribution in [3.05, 3.63) is 72.1 Å². The minimum absolute atomic E-state index is 0.0685. The largest absolute Gasteiger partial charge is 0.396 e. The number of rotatable bonds is 1. The molecule has 3 aromatic rings. The van der Waals surface area contributed by atoms with Crippen molar-refractivity contribution in [3.8, 4) is 17.2 Å². The zero-order valence-corrected chi connectivity index (χ0v) is 12.8. The number of nitrogens with one attached hydrogen (secondary N) is 1. The number of thiol groups is 1. The van der Waals surface area contributed by atoms with Gasteiger partial charge in [-0.05, 0) is 35.9 Å². The highest BCUT2D eigenvalue weighted by molar-refractivity contribution is 7.80. The Morgan fingerprint density at radius 3 is 2.26 bits per heavy atom. The molecule has 0 bridgehead atoms. The van der Waals surface area contributed by atoms with E-state index in [1.165, 1.54) is 24.3 Å². The Morgan fingerprint density at radius 1 is 1.04 bits per heavy atom. The van der Waals surface area contributed by atoms with Crippen molar-refractivity contribution in [2.75, 3.05) is 5.73 Å². The van der Waals surface area contributed by atoms with Crippen LogP contribution in [0.1, 0.15) is 5.56 Å². The molecule has 3 nitrogen and oxygen atoms in total. The Kier molecular flexibility index (Phi) is 5.39. The van der Waals surface area contributed by atoms with E-state index in [0.29, 0.717) is 0 Å².